The minimum absolute atomic E-state index is 0.0434. The van der Waals surface area contributed by atoms with Gasteiger partial charge in [-0.25, -0.2) is 0 Å². The van der Waals surface area contributed by atoms with Crippen molar-refractivity contribution in [2.45, 2.75) is 19.3 Å². The Morgan fingerprint density at radius 3 is 2.54 bits per heavy atom. The molecule has 0 spiro atoms. The van der Waals surface area contributed by atoms with E-state index in [9.17, 15) is 0 Å². The first kappa shape index (κ1) is 9.54. The molecule has 66 valence electrons. The van der Waals surface area contributed by atoms with Crippen LogP contribution in [-0.2, 0) is 0 Å². The summed E-state index contributed by atoms with van der Waals surface area (Å²) < 4.78 is 0. The van der Waals surface area contributed by atoms with Crippen molar-refractivity contribution in [2.75, 3.05) is 0 Å². The van der Waals surface area contributed by atoms with Crippen molar-refractivity contribution >= 4 is 0 Å². The van der Waals surface area contributed by atoms with Gasteiger partial charge in [0.05, 0.1) is 12.0 Å². The minimum atomic E-state index is -0.0434. The fourth-order valence-corrected chi connectivity index (χ4v) is 1.23. The van der Waals surface area contributed by atoms with Gasteiger partial charge in [0.25, 0.3) is 0 Å². The molecule has 0 N–H and O–H groups in total. The van der Waals surface area contributed by atoms with E-state index >= 15 is 0 Å². The number of hydrogen-bond donors (Lipinski definition) is 0. The van der Waals surface area contributed by atoms with Gasteiger partial charge in [-0.1, -0.05) is 35.9 Å². The van der Waals surface area contributed by atoms with Crippen LogP contribution in [0.5, 0.6) is 0 Å². The highest BCUT2D eigenvalue weighted by atomic mass is 14.3. The molecule has 1 nitrogen and oxygen atoms in total. The first-order valence-corrected chi connectivity index (χ1v) is 4.35. The molecule has 13 heavy (non-hydrogen) atoms. The highest BCUT2D eigenvalue weighted by Gasteiger charge is 2.06. The summed E-state index contributed by atoms with van der Waals surface area (Å²) in [5.74, 6) is -0.0434. The lowest BCUT2D eigenvalue weighted by molar-refractivity contribution is 0.878. The van der Waals surface area contributed by atoms with Gasteiger partial charge in [-0.05, 0) is 18.9 Å². The van der Waals surface area contributed by atoms with Crippen LogP contribution in [0.15, 0.2) is 36.9 Å². The van der Waals surface area contributed by atoms with E-state index in [-0.39, 0.29) is 5.92 Å². The Kier molecular flexibility index (Phi) is 3.28. The molecule has 0 amide bonds. The third-order valence-electron chi connectivity index (χ3n) is 2.04. The fourth-order valence-electron chi connectivity index (χ4n) is 1.23. The zero-order chi connectivity index (χ0) is 9.68. The van der Waals surface area contributed by atoms with Crippen LogP contribution in [0.4, 0.5) is 0 Å². The van der Waals surface area contributed by atoms with Gasteiger partial charge in [-0.15, -0.1) is 6.58 Å². The van der Waals surface area contributed by atoms with Gasteiger partial charge in [-0.2, -0.15) is 5.26 Å². The molecule has 0 aliphatic carbocycles. The van der Waals surface area contributed by atoms with Crippen molar-refractivity contribution in [3.8, 4) is 6.07 Å². The van der Waals surface area contributed by atoms with E-state index in [0.29, 0.717) is 0 Å². The highest BCUT2D eigenvalue weighted by Crippen LogP contribution is 2.19. The fraction of sp³-hybridized carbons (Fsp3) is 0.250. The molecule has 1 rings (SSSR count). The average Bonchev–Trinajstić information content (AvgIpc) is 2.16. The zero-order valence-electron chi connectivity index (χ0n) is 7.83. The standard InChI is InChI=1S/C12H13N/c1-3-4-12(9-13)11-7-5-10(2)6-8-11/h3,5-8,12H,1,4H2,2H3. The lowest BCUT2D eigenvalue weighted by Crippen LogP contribution is -1.93. The average molecular weight is 171 g/mol. The molecule has 0 heterocycles. The molecule has 0 saturated carbocycles. The molecule has 0 aromatic heterocycles. The quantitative estimate of drug-likeness (QED) is 0.641. The number of allylic oxidation sites excluding steroid dienone is 1. The molecule has 0 fully saturated rings. The maximum absolute atomic E-state index is 8.88. The summed E-state index contributed by atoms with van der Waals surface area (Å²) in [4.78, 5) is 0. The van der Waals surface area contributed by atoms with Gasteiger partial charge in [0.2, 0.25) is 0 Å². The molecule has 0 bridgehead atoms. The summed E-state index contributed by atoms with van der Waals surface area (Å²) in [6.45, 7) is 5.68. The van der Waals surface area contributed by atoms with Gasteiger partial charge in [0.1, 0.15) is 0 Å². The molecule has 1 heteroatoms. The highest BCUT2D eigenvalue weighted by molar-refractivity contribution is 5.28. The number of benzene rings is 1. The van der Waals surface area contributed by atoms with E-state index in [2.05, 4.69) is 12.6 Å². The maximum Gasteiger partial charge on any atom is 0.0747 e. The maximum atomic E-state index is 8.88. The van der Waals surface area contributed by atoms with Gasteiger partial charge in [-0.3, -0.25) is 0 Å². The number of nitriles is 1. The molecule has 0 radical (unpaired) electrons. The summed E-state index contributed by atoms with van der Waals surface area (Å²) in [6.07, 6.45) is 2.51. The lowest BCUT2D eigenvalue weighted by Gasteiger charge is -2.06. The predicted molar refractivity (Wildman–Crippen MR) is 54.3 cm³/mol. The van der Waals surface area contributed by atoms with Crippen molar-refractivity contribution in [2.24, 2.45) is 0 Å². The summed E-state index contributed by atoms with van der Waals surface area (Å²) in [6, 6.07) is 10.3. The van der Waals surface area contributed by atoms with E-state index in [1.54, 1.807) is 6.08 Å². The Bertz CT molecular complexity index is 316. The van der Waals surface area contributed by atoms with Crippen LogP contribution in [0.3, 0.4) is 0 Å². The Hall–Kier alpha value is -1.55. The van der Waals surface area contributed by atoms with Gasteiger partial charge in [0.15, 0.2) is 0 Å². The van der Waals surface area contributed by atoms with E-state index in [1.807, 2.05) is 31.2 Å². The number of rotatable bonds is 3. The Morgan fingerprint density at radius 1 is 1.46 bits per heavy atom. The van der Waals surface area contributed by atoms with E-state index in [0.717, 1.165) is 12.0 Å². The van der Waals surface area contributed by atoms with Crippen molar-refractivity contribution in [3.05, 3.63) is 48.0 Å². The molecule has 1 aromatic carbocycles. The second-order valence-electron chi connectivity index (χ2n) is 3.12. The van der Waals surface area contributed by atoms with Crippen LogP contribution in [-0.4, -0.2) is 0 Å². The monoisotopic (exact) mass is 171 g/mol. The zero-order valence-corrected chi connectivity index (χ0v) is 7.83. The summed E-state index contributed by atoms with van der Waals surface area (Å²) in [5.41, 5.74) is 2.30. The predicted octanol–water partition coefficient (Wildman–Crippen LogP) is 3.18. The largest absolute Gasteiger partial charge is 0.198 e. The Balaban J connectivity index is 2.87. The molecule has 1 atom stereocenters. The van der Waals surface area contributed by atoms with Crippen LogP contribution in [0.1, 0.15) is 23.5 Å². The Morgan fingerprint density at radius 2 is 2.08 bits per heavy atom. The van der Waals surface area contributed by atoms with Crippen LogP contribution < -0.4 is 0 Å². The van der Waals surface area contributed by atoms with Crippen LogP contribution in [0.25, 0.3) is 0 Å². The normalized spacial score (nSPS) is 11.7. The van der Waals surface area contributed by atoms with E-state index in [1.165, 1.54) is 5.56 Å². The van der Waals surface area contributed by atoms with Crippen LogP contribution in [0, 0.1) is 18.3 Å². The summed E-state index contributed by atoms with van der Waals surface area (Å²) in [7, 11) is 0. The number of hydrogen-bond acceptors (Lipinski definition) is 1. The first-order chi connectivity index (χ1) is 6.27. The molecular weight excluding hydrogens is 158 g/mol. The molecule has 1 aromatic rings. The van der Waals surface area contributed by atoms with E-state index in [4.69, 9.17) is 5.26 Å². The third-order valence-corrected chi connectivity index (χ3v) is 2.04. The van der Waals surface area contributed by atoms with Crippen molar-refractivity contribution < 1.29 is 0 Å². The number of nitrogens with zero attached hydrogens (tertiary/aromatic N) is 1. The van der Waals surface area contributed by atoms with Crippen molar-refractivity contribution in [3.63, 3.8) is 0 Å². The van der Waals surface area contributed by atoms with Gasteiger partial charge >= 0.3 is 0 Å². The van der Waals surface area contributed by atoms with Gasteiger partial charge < -0.3 is 0 Å². The van der Waals surface area contributed by atoms with Crippen LogP contribution in [0.2, 0.25) is 0 Å². The van der Waals surface area contributed by atoms with Gasteiger partial charge in [0, 0.05) is 0 Å². The second-order valence-corrected chi connectivity index (χ2v) is 3.12. The summed E-state index contributed by atoms with van der Waals surface area (Å²) in [5, 5.41) is 8.88. The minimum Gasteiger partial charge on any atom is -0.198 e. The molecular formula is C12H13N. The van der Waals surface area contributed by atoms with Crippen molar-refractivity contribution in [1.82, 2.24) is 0 Å². The molecule has 0 aliphatic heterocycles. The third kappa shape index (κ3) is 2.45. The Labute approximate surface area is 79.3 Å². The summed E-state index contributed by atoms with van der Waals surface area (Å²) >= 11 is 0. The molecule has 1 unspecified atom stereocenters. The first-order valence-electron chi connectivity index (χ1n) is 4.35. The second kappa shape index (κ2) is 4.47. The SMILES string of the molecule is C=CCC(C#N)c1ccc(C)cc1. The molecule has 0 saturated heterocycles. The lowest BCUT2D eigenvalue weighted by atomic mass is 9.96. The van der Waals surface area contributed by atoms with E-state index < -0.39 is 0 Å². The van der Waals surface area contributed by atoms with Crippen molar-refractivity contribution in [1.29, 1.82) is 5.26 Å². The molecule has 0 aliphatic rings. The topological polar surface area (TPSA) is 23.8 Å². The number of aryl methyl sites for hydroxylation is 1. The smallest absolute Gasteiger partial charge is 0.0747 e. The van der Waals surface area contributed by atoms with Crippen LogP contribution >= 0.6 is 0 Å².